The van der Waals surface area contributed by atoms with Crippen molar-refractivity contribution in [2.24, 2.45) is 5.92 Å². The fraction of sp³-hybridized carbons (Fsp3) is 0.538. The van der Waals surface area contributed by atoms with Crippen LogP contribution in [0.15, 0.2) is 24.3 Å². The van der Waals surface area contributed by atoms with Crippen molar-refractivity contribution in [3.63, 3.8) is 0 Å². The molecule has 1 aromatic carbocycles. The molecule has 1 aliphatic carbocycles. The highest BCUT2D eigenvalue weighted by atomic mass is 19.1. The summed E-state index contributed by atoms with van der Waals surface area (Å²) in [4.78, 5) is 0. The average Bonchev–Trinajstić information content (AvgIpc) is 3.05. The third kappa shape index (κ3) is 2.78. The first-order valence-electron chi connectivity index (χ1n) is 5.71. The van der Waals surface area contributed by atoms with E-state index in [1.807, 2.05) is 19.2 Å². The van der Waals surface area contributed by atoms with Crippen LogP contribution in [0, 0.1) is 11.7 Å². The van der Waals surface area contributed by atoms with Crippen molar-refractivity contribution in [1.82, 2.24) is 5.32 Å². The lowest BCUT2D eigenvalue weighted by Gasteiger charge is -2.16. The van der Waals surface area contributed by atoms with Gasteiger partial charge in [0.2, 0.25) is 0 Å². The summed E-state index contributed by atoms with van der Waals surface area (Å²) in [6.07, 6.45) is 3.84. The van der Waals surface area contributed by atoms with Gasteiger partial charge in [-0.3, -0.25) is 0 Å². The lowest BCUT2D eigenvalue weighted by atomic mass is 9.91. The summed E-state index contributed by atoms with van der Waals surface area (Å²) in [6, 6.07) is 7.02. The van der Waals surface area contributed by atoms with Crippen LogP contribution in [0.1, 0.15) is 30.7 Å². The minimum absolute atomic E-state index is 0.137. The summed E-state index contributed by atoms with van der Waals surface area (Å²) in [5.74, 6) is 1.32. The molecule has 2 heteroatoms. The number of halogens is 1. The van der Waals surface area contributed by atoms with E-state index in [-0.39, 0.29) is 5.82 Å². The Labute approximate surface area is 90.7 Å². The summed E-state index contributed by atoms with van der Waals surface area (Å²) in [5.41, 5.74) is 1.30. The molecule has 15 heavy (non-hydrogen) atoms. The largest absolute Gasteiger partial charge is 0.320 e. The van der Waals surface area contributed by atoms with Gasteiger partial charge in [0.25, 0.3) is 0 Å². The standard InChI is InChI=1S/C13H18FN/c1-15-9-8-13(10-2-3-10)11-4-6-12(14)7-5-11/h4-7,10,13,15H,2-3,8-9H2,1H3. The van der Waals surface area contributed by atoms with E-state index in [4.69, 9.17) is 0 Å². The molecule has 0 radical (unpaired) electrons. The third-order valence-electron chi connectivity index (χ3n) is 3.19. The minimum atomic E-state index is -0.137. The Bertz CT molecular complexity index is 303. The Kier molecular flexibility index (Phi) is 3.37. The quantitative estimate of drug-likeness (QED) is 0.782. The molecular weight excluding hydrogens is 189 g/mol. The SMILES string of the molecule is CNCCC(c1ccc(F)cc1)C1CC1. The Morgan fingerprint density at radius 3 is 2.53 bits per heavy atom. The molecule has 0 amide bonds. The van der Waals surface area contributed by atoms with E-state index in [1.54, 1.807) is 12.1 Å². The van der Waals surface area contributed by atoms with Crippen LogP contribution in [-0.4, -0.2) is 13.6 Å². The molecule has 1 aromatic rings. The van der Waals surface area contributed by atoms with Gasteiger partial charge in [0.1, 0.15) is 5.82 Å². The molecule has 1 N–H and O–H groups in total. The van der Waals surface area contributed by atoms with Crippen molar-refractivity contribution in [1.29, 1.82) is 0 Å². The van der Waals surface area contributed by atoms with Crippen LogP contribution in [0.5, 0.6) is 0 Å². The maximum atomic E-state index is 12.8. The molecule has 1 saturated carbocycles. The molecule has 1 atom stereocenters. The fourth-order valence-electron chi connectivity index (χ4n) is 2.18. The van der Waals surface area contributed by atoms with Gasteiger partial charge in [-0.05, 0) is 62.4 Å². The van der Waals surface area contributed by atoms with Crippen LogP contribution in [-0.2, 0) is 0 Å². The van der Waals surface area contributed by atoms with Crippen molar-refractivity contribution < 1.29 is 4.39 Å². The first-order valence-corrected chi connectivity index (χ1v) is 5.71. The molecule has 0 heterocycles. The lowest BCUT2D eigenvalue weighted by molar-refractivity contribution is 0.539. The van der Waals surface area contributed by atoms with Gasteiger partial charge < -0.3 is 5.32 Å². The zero-order valence-electron chi connectivity index (χ0n) is 9.17. The summed E-state index contributed by atoms with van der Waals surface area (Å²) < 4.78 is 12.8. The van der Waals surface area contributed by atoms with Gasteiger partial charge >= 0.3 is 0 Å². The van der Waals surface area contributed by atoms with Gasteiger partial charge in [0.05, 0.1) is 0 Å². The molecule has 1 aliphatic rings. The van der Waals surface area contributed by atoms with E-state index in [0.29, 0.717) is 5.92 Å². The highest BCUT2D eigenvalue weighted by molar-refractivity contribution is 5.22. The topological polar surface area (TPSA) is 12.0 Å². The van der Waals surface area contributed by atoms with Crippen molar-refractivity contribution in [2.45, 2.75) is 25.2 Å². The van der Waals surface area contributed by atoms with Gasteiger partial charge in [-0.25, -0.2) is 4.39 Å². The monoisotopic (exact) mass is 207 g/mol. The van der Waals surface area contributed by atoms with Crippen molar-refractivity contribution in [3.05, 3.63) is 35.6 Å². The molecule has 0 saturated heterocycles. The van der Waals surface area contributed by atoms with E-state index in [2.05, 4.69) is 5.32 Å². The molecule has 1 unspecified atom stereocenters. The van der Waals surface area contributed by atoms with Crippen molar-refractivity contribution in [3.8, 4) is 0 Å². The van der Waals surface area contributed by atoms with Crippen LogP contribution in [0.4, 0.5) is 4.39 Å². The van der Waals surface area contributed by atoms with Gasteiger partial charge in [-0.15, -0.1) is 0 Å². The van der Waals surface area contributed by atoms with Crippen LogP contribution >= 0.6 is 0 Å². The van der Waals surface area contributed by atoms with Gasteiger partial charge in [-0.1, -0.05) is 12.1 Å². The van der Waals surface area contributed by atoms with E-state index in [9.17, 15) is 4.39 Å². The Balaban J connectivity index is 2.06. The second-order valence-electron chi connectivity index (χ2n) is 4.39. The zero-order valence-corrected chi connectivity index (χ0v) is 9.17. The molecule has 1 nitrogen and oxygen atoms in total. The maximum absolute atomic E-state index is 12.8. The smallest absolute Gasteiger partial charge is 0.123 e. The molecule has 0 spiro atoms. The highest BCUT2D eigenvalue weighted by Gasteiger charge is 2.31. The Morgan fingerprint density at radius 2 is 2.00 bits per heavy atom. The number of hydrogen-bond donors (Lipinski definition) is 1. The summed E-state index contributed by atoms with van der Waals surface area (Å²) in [6.45, 7) is 1.04. The fourth-order valence-corrected chi connectivity index (χ4v) is 2.18. The maximum Gasteiger partial charge on any atom is 0.123 e. The number of rotatable bonds is 5. The first kappa shape index (κ1) is 10.6. The predicted molar refractivity (Wildman–Crippen MR) is 60.4 cm³/mol. The summed E-state index contributed by atoms with van der Waals surface area (Å²) in [5, 5.41) is 3.19. The zero-order chi connectivity index (χ0) is 10.7. The van der Waals surface area contributed by atoms with Crippen molar-refractivity contribution in [2.75, 3.05) is 13.6 Å². The van der Waals surface area contributed by atoms with E-state index < -0.39 is 0 Å². The molecule has 0 bridgehead atoms. The molecular formula is C13H18FN. The van der Waals surface area contributed by atoms with Gasteiger partial charge in [0, 0.05) is 0 Å². The lowest BCUT2D eigenvalue weighted by Crippen LogP contribution is -2.13. The predicted octanol–water partition coefficient (Wildman–Crippen LogP) is 2.93. The molecule has 2 rings (SSSR count). The second kappa shape index (κ2) is 4.75. The highest BCUT2D eigenvalue weighted by Crippen LogP contribution is 2.44. The van der Waals surface area contributed by atoms with E-state index in [1.165, 1.54) is 18.4 Å². The summed E-state index contributed by atoms with van der Waals surface area (Å²) in [7, 11) is 1.98. The first-order chi connectivity index (χ1) is 7.31. The normalized spacial score (nSPS) is 17.7. The molecule has 0 aliphatic heterocycles. The number of nitrogens with one attached hydrogen (secondary N) is 1. The Hall–Kier alpha value is -0.890. The van der Waals surface area contributed by atoms with Crippen LogP contribution in [0.25, 0.3) is 0 Å². The molecule has 0 aromatic heterocycles. The van der Waals surface area contributed by atoms with Crippen LogP contribution in [0.3, 0.4) is 0 Å². The van der Waals surface area contributed by atoms with Crippen LogP contribution in [0.2, 0.25) is 0 Å². The second-order valence-corrected chi connectivity index (χ2v) is 4.39. The van der Waals surface area contributed by atoms with Gasteiger partial charge in [-0.2, -0.15) is 0 Å². The number of hydrogen-bond acceptors (Lipinski definition) is 1. The average molecular weight is 207 g/mol. The number of benzene rings is 1. The van der Waals surface area contributed by atoms with E-state index >= 15 is 0 Å². The van der Waals surface area contributed by atoms with Crippen molar-refractivity contribution >= 4 is 0 Å². The molecule has 1 fully saturated rings. The summed E-state index contributed by atoms with van der Waals surface area (Å²) >= 11 is 0. The van der Waals surface area contributed by atoms with Gasteiger partial charge in [0.15, 0.2) is 0 Å². The Morgan fingerprint density at radius 1 is 1.33 bits per heavy atom. The minimum Gasteiger partial charge on any atom is -0.320 e. The van der Waals surface area contributed by atoms with Crippen LogP contribution < -0.4 is 5.32 Å². The third-order valence-corrected chi connectivity index (χ3v) is 3.19. The molecule has 82 valence electrons. The van der Waals surface area contributed by atoms with E-state index in [0.717, 1.165) is 18.9 Å².